The van der Waals surface area contributed by atoms with Crippen molar-refractivity contribution in [2.24, 2.45) is 0 Å². The molecular formula is C19H15Cl3NO3P. The van der Waals surface area contributed by atoms with Crippen LogP contribution in [0, 0.1) is 6.92 Å². The first-order valence-corrected chi connectivity index (χ1v) is 10.6. The molecule has 0 heterocycles. The van der Waals surface area contributed by atoms with E-state index >= 15 is 0 Å². The van der Waals surface area contributed by atoms with Gasteiger partial charge in [0.05, 0.1) is 10.0 Å². The molecule has 0 aliphatic rings. The predicted molar refractivity (Wildman–Crippen MR) is 112 cm³/mol. The van der Waals surface area contributed by atoms with E-state index in [2.05, 4.69) is 5.09 Å². The maximum Gasteiger partial charge on any atom is 0.541 e. The lowest BCUT2D eigenvalue weighted by Gasteiger charge is -2.23. The van der Waals surface area contributed by atoms with Crippen LogP contribution in [0.15, 0.2) is 66.7 Å². The molecule has 0 aliphatic carbocycles. The highest BCUT2D eigenvalue weighted by Gasteiger charge is 2.31. The number of benzene rings is 3. The molecule has 0 saturated carbocycles. The molecule has 0 saturated heterocycles. The van der Waals surface area contributed by atoms with Crippen LogP contribution >= 0.6 is 42.5 Å². The van der Waals surface area contributed by atoms with Crippen LogP contribution in [-0.2, 0) is 4.57 Å². The molecule has 0 spiro atoms. The van der Waals surface area contributed by atoms with Crippen molar-refractivity contribution in [2.45, 2.75) is 6.92 Å². The van der Waals surface area contributed by atoms with Gasteiger partial charge in [0.1, 0.15) is 0 Å². The molecule has 140 valence electrons. The fraction of sp³-hybridized carbons (Fsp3) is 0.0526. The number of hydrogen-bond acceptors (Lipinski definition) is 3. The predicted octanol–water partition coefficient (Wildman–Crippen LogP) is 7.63. The second-order valence-corrected chi connectivity index (χ2v) is 8.37. The van der Waals surface area contributed by atoms with Crippen molar-refractivity contribution in [3.8, 4) is 11.5 Å². The topological polar surface area (TPSA) is 47.6 Å². The number of anilines is 1. The number of rotatable bonds is 6. The summed E-state index contributed by atoms with van der Waals surface area (Å²) >= 11 is 18.5. The minimum absolute atomic E-state index is 0.210. The van der Waals surface area contributed by atoms with Gasteiger partial charge in [0, 0.05) is 10.7 Å². The summed E-state index contributed by atoms with van der Waals surface area (Å²) in [6.45, 7) is 1.79. The van der Waals surface area contributed by atoms with Crippen LogP contribution in [0.5, 0.6) is 11.5 Å². The van der Waals surface area contributed by atoms with Gasteiger partial charge in [0.25, 0.3) is 0 Å². The third-order valence-corrected chi connectivity index (χ3v) is 6.06. The lowest BCUT2D eigenvalue weighted by atomic mass is 10.2. The Balaban J connectivity index is 2.00. The number of nitrogens with one attached hydrogen (secondary N) is 1. The molecule has 3 aromatic carbocycles. The van der Waals surface area contributed by atoms with Crippen LogP contribution in [0.4, 0.5) is 5.69 Å². The van der Waals surface area contributed by atoms with Crippen LogP contribution in [0.25, 0.3) is 0 Å². The zero-order chi connectivity index (χ0) is 19.4. The van der Waals surface area contributed by atoms with Gasteiger partial charge in [0.15, 0.2) is 11.5 Å². The van der Waals surface area contributed by atoms with Crippen molar-refractivity contribution < 1.29 is 13.6 Å². The molecule has 3 aromatic rings. The number of hydrogen-bond donors (Lipinski definition) is 1. The highest BCUT2D eigenvalue weighted by atomic mass is 35.5. The van der Waals surface area contributed by atoms with Gasteiger partial charge in [-0.25, -0.2) is 4.57 Å². The maximum atomic E-state index is 13.6. The quantitative estimate of drug-likeness (QED) is 0.399. The molecule has 0 radical (unpaired) electrons. The van der Waals surface area contributed by atoms with E-state index in [0.717, 1.165) is 0 Å². The smallest absolute Gasteiger partial charge is 0.399 e. The summed E-state index contributed by atoms with van der Waals surface area (Å²) in [5, 5.41) is 3.93. The molecule has 0 aliphatic heterocycles. The summed E-state index contributed by atoms with van der Waals surface area (Å²) in [5.74, 6) is 0.420. The van der Waals surface area contributed by atoms with E-state index in [1.807, 2.05) is 0 Å². The van der Waals surface area contributed by atoms with Crippen molar-refractivity contribution >= 4 is 48.2 Å². The largest absolute Gasteiger partial charge is 0.541 e. The fourth-order valence-corrected chi connectivity index (χ4v) is 4.37. The Bertz CT molecular complexity index is 961. The van der Waals surface area contributed by atoms with Crippen molar-refractivity contribution in [1.82, 2.24) is 0 Å². The molecule has 3 rings (SSSR count). The van der Waals surface area contributed by atoms with E-state index in [-0.39, 0.29) is 11.5 Å². The molecule has 0 fully saturated rings. The van der Waals surface area contributed by atoms with Crippen LogP contribution in [-0.4, -0.2) is 0 Å². The minimum atomic E-state index is -3.96. The first-order chi connectivity index (χ1) is 12.9. The Morgan fingerprint density at radius 1 is 0.741 bits per heavy atom. The molecular weight excluding hydrogens is 428 g/mol. The van der Waals surface area contributed by atoms with Crippen LogP contribution in [0.2, 0.25) is 15.1 Å². The zero-order valence-corrected chi connectivity index (χ0v) is 17.3. The van der Waals surface area contributed by atoms with Crippen molar-refractivity contribution in [3.63, 3.8) is 0 Å². The second kappa shape index (κ2) is 8.45. The van der Waals surface area contributed by atoms with E-state index in [1.54, 1.807) is 73.7 Å². The summed E-state index contributed by atoms with van der Waals surface area (Å²) < 4.78 is 24.9. The van der Waals surface area contributed by atoms with Crippen LogP contribution in [0.3, 0.4) is 0 Å². The molecule has 0 amide bonds. The van der Waals surface area contributed by atoms with Gasteiger partial charge in [-0.3, -0.25) is 5.09 Å². The molecule has 27 heavy (non-hydrogen) atoms. The molecule has 0 aromatic heterocycles. The first kappa shape index (κ1) is 19.9. The van der Waals surface area contributed by atoms with Crippen molar-refractivity contribution in [1.29, 1.82) is 0 Å². The maximum absolute atomic E-state index is 13.6. The Kier molecular flexibility index (Phi) is 6.23. The summed E-state index contributed by atoms with van der Waals surface area (Å²) in [4.78, 5) is 0. The standard InChI is InChI=1S/C19H15Cl3NO3P/c1-13-14(20)9-6-10-17(13)23-27(24,25-18-11-4-2-7-15(18)21)26-19-12-5-3-8-16(19)22/h2-12H,1H3,(H,23,24). The SMILES string of the molecule is Cc1c(Cl)cccc1NP(=O)(Oc1ccccc1Cl)Oc1ccccc1Cl. The summed E-state index contributed by atoms with van der Waals surface area (Å²) in [5.41, 5.74) is 1.20. The highest BCUT2D eigenvalue weighted by molar-refractivity contribution is 7.56. The Morgan fingerprint density at radius 3 is 1.74 bits per heavy atom. The van der Waals surface area contributed by atoms with E-state index in [1.165, 1.54) is 0 Å². The number of halogens is 3. The van der Waals surface area contributed by atoms with Crippen molar-refractivity contribution in [3.05, 3.63) is 87.4 Å². The lowest BCUT2D eigenvalue weighted by Crippen LogP contribution is -2.11. The van der Waals surface area contributed by atoms with Gasteiger partial charge in [0.2, 0.25) is 0 Å². The minimum Gasteiger partial charge on any atom is -0.399 e. The van der Waals surface area contributed by atoms with Gasteiger partial charge < -0.3 is 9.05 Å². The Hall–Kier alpha value is -1.84. The van der Waals surface area contributed by atoms with Gasteiger partial charge >= 0.3 is 7.75 Å². The third-order valence-electron chi connectivity index (χ3n) is 3.64. The van der Waals surface area contributed by atoms with Crippen LogP contribution < -0.4 is 14.1 Å². The second-order valence-electron chi connectivity index (χ2n) is 5.57. The third kappa shape index (κ3) is 4.91. The molecule has 0 bridgehead atoms. The Morgan fingerprint density at radius 2 is 1.22 bits per heavy atom. The van der Waals surface area contributed by atoms with Gasteiger partial charge in [-0.2, -0.15) is 0 Å². The van der Waals surface area contributed by atoms with E-state index in [0.29, 0.717) is 26.3 Å². The molecule has 1 N–H and O–H groups in total. The first-order valence-electron chi connectivity index (χ1n) is 7.90. The Labute approximate surface area is 172 Å². The fourth-order valence-electron chi connectivity index (χ4n) is 2.24. The van der Waals surface area contributed by atoms with Crippen molar-refractivity contribution in [2.75, 3.05) is 5.09 Å². The molecule has 8 heteroatoms. The van der Waals surface area contributed by atoms with E-state index < -0.39 is 7.75 Å². The molecule has 0 unspecified atom stereocenters. The summed E-state index contributed by atoms with van der Waals surface area (Å²) in [6.07, 6.45) is 0. The monoisotopic (exact) mass is 441 g/mol. The molecule has 4 nitrogen and oxygen atoms in total. The highest BCUT2D eigenvalue weighted by Crippen LogP contribution is 2.51. The normalized spacial score (nSPS) is 11.1. The zero-order valence-electron chi connectivity index (χ0n) is 14.2. The summed E-state index contributed by atoms with van der Waals surface area (Å²) in [6, 6.07) is 18.5. The van der Waals surface area contributed by atoms with E-state index in [9.17, 15) is 4.57 Å². The average Bonchev–Trinajstić information content (AvgIpc) is 2.63. The molecule has 0 atom stereocenters. The lowest BCUT2D eigenvalue weighted by molar-refractivity contribution is 0.393. The average molecular weight is 443 g/mol. The summed E-state index contributed by atoms with van der Waals surface area (Å²) in [7, 11) is -3.96. The van der Waals surface area contributed by atoms with E-state index in [4.69, 9.17) is 43.9 Å². The van der Waals surface area contributed by atoms with Gasteiger partial charge in [-0.05, 0) is 48.9 Å². The van der Waals surface area contributed by atoms with Gasteiger partial charge in [-0.15, -0.1) is 0 Å². The number of para-hydroxylation sites is 2. The van der Waals surface area contributed by atoms with Crippen LogP contribution in [0.1, 0.15) is 5.56 Å². The van der Waals surface area contributed by atoms with Gasteiger partial charge in [-0.1, -0.05) is 65.1 Å².